The van der Waals surface area contributed by atoms with Crippen LogP contribution in [0.2, 0.25) is 0 Å². The van der Waals surface area contributed by atoms with E-state index in [0.29, 0.717) is 17.7 Å². The molecule has 88 valence electrons. The van der Waals surface area contributed by atoms with Gasteiger partial charge in [-0.1, -0.05) is 6.07 Å². The van der Waals surface area contributed by atoms with Crippen molar-refractivity contribution in [3.8, 4) is 11.4 Å². The number of ether oxygens (including phenoxy) is 1. The summed E-state index contributed by atoms with van der Waals surface area (Å²) in [5.41, 5.74) is 12.3. The normalized spacial score (nSPS) is 10.2. The summed E-state index contributed by atoms with van der Waals surface area (Å²) in [7, 11) is 1.57. The van der Waals surface area contributed by atoms with Crippen LogP contribution in [0.5, 0.6) is 5.75 Å². The van der Waals surface area contributed by atoms with E-state index in [-0.39, 0.29) is 17.2 Å². The maximum atomic E-state index is 10.8. The smallest absolute Gasteiger partial charge is 0.158 e. The van der Waals surface area contributed by atoms with Crippen LogP contribution in [0.25, 0.3) is 5.69 Å². The number of nitrogen functional groups attached to an aromatic ring is 2. The molecule has 1 aromatic carbocycles. The van der Waals surface area contributed by atoms with Gasteiger partial charge in [-0.15, -0.1) is 5.10 Å². The van der Waals surface area contributed by atoms with Gasteiger partial charge < -0.3 is 16.2 Å². The Morgan fingerprint density at radius 2 is 2.18 bits per heavy atom. The van der Waals surface area contributed by atoms with Crippen LogP contribution >= 0.6 is 0 Å². The van der Waals surface area contributed by atoms with Crippen molar-refractivity contribution >= 4 is 17.9 Å². The van der Waals surface area contributed by atoms with Gasteiger partial charge in [0.2, 0.25) is 0 Å². The summed E-state index contributed by atoms with van der Waals surface area (Å²) in [6.45, 7) is 0. The fourth-order valence-electron chi connectivity index (χ4n) is 1.52. The lowest BCUT2D eigenvalue weighted by atomic mass is 10.3. The van der Waals surface area contributed by atoms with Crippen LogP contribution < -0.4 is 16.2 Å². The number of aromatic nitrogens is 2. The number of aldehydes is 1. The third-order valence-corrected chi connectivity index (χ3v) is 2.40. The quantitative estimate of drug-likeness (QED) is 0.765. The summed E-state index contributed by atoms with van der Waals surface area (Å²) >= 11 is 0. The predicted octanol–water partition coefficient (Wildman–Crippen LogP) is 0.858. The van der Waals surface area contributed by atoms with Crippen molar-refractivity contribution in [3.05, 3.63) is 29.8 Å². The van der Waals surface area contributed by atoms with E-state index in [1.165, 1.54) is 4.68 Å². The Morgan fingerprint density at radius 1 is 1.41 bits per heavy atom. The lowest BCUT2D eigenvalue weighted by Gasteiger charge is -2.05. The highest BCUT2D eigenvalue weighted by Gasteiger charge is 2.13. The van der Waals surface area contributed by atoms with E-state index < -0.39 is 0 Å². The number of rotatable bonds is 3. The van der Waals surface area contributed by atoms with Gasteiger partial charge in [-0.3, -0.25) is 4.79 Å². The number of hydrogen-bond donors (Lipinski definition) is 2. The van der Waals surface area contributed by atoms with Gasteiger partial charge in [-0.05, 0) is 12.1 Å². The van der Waals surface area contributed by atoms with Crippen molar-refractivity contribution in [3.63, 3.8) is 0 Å². The summed E-state index contributed by atoms with van der Waals surface area (Å²) in [5.74, 6) is 0.995. The molecule has 0 fully saturated rings. The van der Waals surface area contributed by atoms with Crippen molar-refractivity contribution in [1.29, 1.82) is 0 Å². The van der Waals surface area contributed by atoms with Crippen LogP contribution in [0.15, 0.2) is 24.3 Å². The molecule has 0 bridgehead atoms. The molecule has 17 heavy (non-hydrogen) atoms. The van der Waals surface area contributed by atoms with Crippen molar-refractivity contribution in [2.75, 3.05) is 18.6 Å². The largest absolute Gasteiger partial charge is 0.497 e. The highest BCUT2D eigenvalue weighted by molar-refractivity contribution is 5.88. The summed E-state index contributed by atoms with van der Waals surface area (Å²) in [4.78, 5) is 10.8. The van der Waals surface area contributed by atoms with E-state index in [4.69, 9.17) is 16.2 Å². The van der Waals surface area contributed by atoms with Crippen LogP contribution in [-0.2, 0) is 0 Å². The summed E-state index contributed by atoms with van der Waals surface area (Å²) in [6.07, 6.45) is 0.592. The molecular weight excluding hydrogens is 220 g/mol. The molecule has 0 spiro atoms. The molecule has 6 nitrogen and oxygen atoms in total. The van der Waals surface area contributed by atoms with E-state index >= 15 is 0 Å². The topological polar surface area (TPSA) is 96.2 Å². The molecule has 0 saturated carbocycles. The van der Waals surface area contributed by atoms with Crippen molar-refractivity contribution in [2.45, 2.75) is 0 Å². The van der Waals surface area contributed by atoms with Crippen molar-refractivity contribution in [1.82, 2.24) is 9.78 Å². The fraction of sp³-hybridized carbons (Fsp3) is 0.0909. The second-order valence-corrected chi connectivity index (χ2v) is 3.42. The molecule has 1 heterocycles. The number of methoxy groups -OCH3 is 1. The standard InChI is InChI=1S/C11H12N4O2/c1-17-8-4-2-3-7(5-8)15-11(13)9(6-16)10(12)14-15/h2-6H,13H2,1H3,(H2,12,14). The zero-order valence-corrected chi connectivity index (χ0v) is 9.25. The zero-order valence-electron chi connectivity index (χ0n) is 9.25. The van der Waals surface area contributed by atoms with Gasteiger partial charge in [0, 0.05) is 6.07 Å². The van der Waals surface area contributed by atoms with Crippen LogP contribution in [0.4, 0.5) is 11.6 Å². The average Bonchev–Trinajstić information content (AvgIpc) is 2.64. The van der Waals surface area contributed by atoms with Gasteiger partial charge >= 0.3 is 0 Å². The third-order valence-electron chi connectivity index (χ3n) is 2.40. The monoisotopic (exact) mass is 232 g/mol. The molecule has 2 rings (SSSR count). The Hall–Kier alpha value is -2.50. The van der Waals surface area contributed by atoms with Gasteiger partial charge in [-0.25, -0.2) is 4.68 Å². The number of hydrogen-bond acceptors (Lipinski definition) is 5. The van der Waals surface area contributed by atoms with Crippen LogP contribution in [0.3, 0.4) is 0 Å². The van der Waals surface area contributed by atoms with Crippen LogP contribution in [0, 0.1) is 0 Å². The lowest BCUT2D eigenvalue weighted by molar-refractivity contribution is 0.112. The molecule has 4 N–H and O–H groups in total. The molecule has 0 aliphatic heterocycles. The first-order valence-electron chi connectivity index (χ1n) is 4.91. The van der Waals surface area contributed by atoms with E-state index in [2.05, 4.69) is 5.10 Å². The van der Waals surface area contributed by atoms with E-state index in [1.807, 2.05) is 0 Å². The molecule has 0 saturated heterocycles. The Kier molecular flexibility index (Phi) is 2.70. The number of carbonyl (C=O) groups excluding carboxylic acids is 1. The van der Waals surface area contributed by atoms with Gasteiger partial charge in [0.1, 0.15) is 17.1 Å². The molecule has 0 amide bonds. The van der Waals surface area contributed by atoms with Crippen molar-refractivity contribution in [2.24, 2.45) is 0 Å². The molecule has 0 aliphatic rings. The minimum absolute atomic E-state index is 0.111. The second-order valence-electron chi connectivity index (χ2n) is 3.42. The highest BCUT2D eigenvalue weighted by atomic mass is 16.5. The summed E-state index contributed by atoms with van der Waals surface area (Å²) in [6, 6.07) is 7.14. The first-order valence-corrected chi connectivity index (χ1v) is 4.91. The Bertz CT molecular complexity index is 563. The van der Waals surface area contributed by atoms with Crippen molar-refractivity contribution < 1.29 is 9.53 Å². The Labute approximate surface area is 97.8 Å². The SMILES string of the molecule is COc1cccc(-n2nc(N)c(C=O)c2N)c1. The Morgan fingerprint density at radius 3 is 2.76 bits per heavy atom. The third kappa shape index (κ3) is 1.80. The molecule has 6 heteroatoms. The number of nitrogens with zero attached hydrogens (tertiary/aromatic N) is 2. The molecule has 0 aliphatic carbocycles. The summed E-state index contributed by atoms with van der Waals surface area (Å²) < 4.78 is 6.50. The van der Waals surface area contributed by atoms with Crippen LogP contribution in [-0.4, -0.2) is 23.2 Å². The van der Waals surface area contributed by atoms with E-state index in [9.17, 15) is 4.79 Å². The highest BCUT2D eigenvalue weighted by Crippen LogP contribution is 2.23. The maximum Gasteiger partial charge on any atom is 0.158 e. The van der Waals surface area contributed by atoms with Gasteiger partial charge in [-0.2, -0.15) is 0 Å². The van der Waals surface area contributed by atoms with Gasteiger partial charge in [0.25, 0.3) is 0 Å². The van der Waals surface area contributed by atoms with Crippen LogP contribution in [0.1, 0.15) is 10.4 Å². The number of nitrogens with two attached hydrogens (primary N) is 2. The average molecular weight is 232 g/mol. The molecule has 0 unspecified atom stereocenters. The molecular formula is C11H12N4O2. The molecule has 0 atom stereocenters. The maximum absolute atomic E-state index is 10.8. The van der Waals surface area contributed by atoms with Gasteiger partial charge in [0.15, 0.2) is 12.1 Å². The first kappa shape index (κ1) is 11.0. The van der Waals surface area contributed by atoms with E-state index in [0.717, 1.165) is 0 Å². The molecule has 1 aromatic heterocycles. The second kappa shape index (κ2) is 4.17. The fourth-order valence-corrected chi connectivity index (χ4v) is 1.52. The number of anilines is 2. The van der Waals surface area contributed by atoms with Gasteiger partial charge in [0.05, 0.1) is 12.8 Å². The van der Waals surface area contributed by atoms with E-state index in [1.54, 1.807) is 31.4 Å². The number of benzene rings is 1. The lowest BCUT2D eigenvalue weighted by Crippen LogP contribution is -2.03. The predicted molar refractivity (Wildman–Crippen MR) is 64.3 cm³/mol. The summed E-state index contributed by atoms with van der Waals surface area (Å²) in [5, 5.41) is 4.01. The minimum Gasteiger partial charge on any atom is -0.497 e. The minimum atomic E-state index is 0.111. The number of carbonyl (C=O) groups is 1. The first-order chi connectivity index (χ1) is 8.17. The zero-order chi connectivity index (χ0) is 12.4. The molecule has 0 radical (unpaired) electrons. The molecule has 2 aromatic rings. The Balaban J connectivity index is 2.56.